The average molecular weight is 1000 g/mol. The molecule has 0 saturated heterocycles. The molecule has 9 aromatic rings. The van der Waals surface area contributed by atoms with E-state index in [0.717, 1.165) is 22.7 Å². The van der Waals surface area contributed by atoms with Crippen LogP contribution in [0.25, 0.3) is 21.2 Å². The van der Waals surface area contributed by atoms with Crippen LogP contribution in [0.15, 0.2) is 176 Å². The quantitative estimate of drug-likeness (QED) is 0.154. The van der Waals surface area contributed by atoms with Crippen molar-refractivity contribution in [3.8, 4) is 11.1 Å². The summed E-state index contributed by atoms with van der Waals surface area (Å²) in [4.78, 5) is 7.75. The zero-order chi connectivity index (χ0) is 53.1. The van der Waals surface area contributed by atoms with E-state index in [4.69, 9.17) is 0 Å². The van der Waals surface area contributed by atoms with Crippen LogP contribution in [0.2, 0.25) is 0 Å². The number of benzene rings is 8. The number of hydrogen-bond donors (Lipinski definition) is 0. The topological polar surface area (TPSA) is 9.72 Å². The van der Waals surface area contributed by atoms with Gasteiger partial charge in [-0.2, -0.15) is 0 Å². The molecule has 0 spiro atoms. The molecule has 0 fully saturated rings. The molecular formula is C70H74BN3S. The highest BCUT2D eigenvalue weighted by atomic mass is 32.1. The molecule has 5 heteroatoms. The average Bonchev–Trinajstić information content (AvgIpc) is 3.75. The van der Waals surface area contributed by atoms with E-state index in [9.17, 15) is 0 Å². The van der Waals surface area contributed by atoms with Gasteiger partial charge in [-0.25, -0.2) is 0 Å². The molecule has 0 bridgehead atoms. The Morgan fingerprint density at radius 1 is 0.400 bits per heavy atom. The van der Waals surface area contributed by atoms with E-state index in [2.05, 4.69) is 294 Å². The Bertz CT molecular complexity index is 3570. The Labute approximate surface area is 453 Å². The normalized spacial score (nSPS) is 13.7. The molecule has 0 N–H and O–H groups in total. The van der Waals surface area contributed by atoms with E-state index in [-0.39, 0.29) is 33.8 Å². The molecule has 0 radical (unpaired) electrons. The number of rotatable bonds is 6. The summed E-state index contributed by atoms with van der Waals surface area (Å²) >= 11 is 2.02. The van der Waals surface area contributed by atoms with Crippen molar-refractivity contribution >= 4 is 95.0 Å². The first-order chi connectivity index (χ1) is 35.4. The standard InChI is InChI=1S/C70H74BN3S/c1-66(2,3)46-31-29-45(30-32-46)55-41-48(68(7,8)9)35-39-58(55)74-61-44-53(72(50-23-18-16-19-24-50)51-25-20-17-21-26-51)43-60-62(61)71(65-63(74)54-27-22-28-56(64(54)75-65)70(13,14)15)57-42-49(69(10,11)12)36-40-59(57)73(60)52-37-33-47(34-38-52)67(4,5)6/h16-44H,1-15H3. The summed E-state index contributed by atoms with van der Waals surface area (Å²) in [5.74, 6) is 0. The molecule has 0 atom stereocenters. The van der Waals surface area contributed by atoms with Crippen molar-refractivity contribution in [3.05, 3.63) is 204 Å². The molecule has 2 aliphatic heterocycles. The fourth-order valence-electron chi connectivity index (χ4n) is 11.5. The minimum Gasteiger partial charge on any atom is -0.311 e. The monoisotopic (exact) mass is 1000 g/mol. The van der Waals surface area contributed by atoms with E-state index >= 15 is 0 Å². The second-order valence-corrected chi connectivity index (χ2v) is 27.4. The van der Waals surface area contributed by atoms with Gasteiger partial charge in [-0.3, -0.25) is 0 Å². The number of nitrogens with zero attached hydrogens (tertiary/aromatic N) is 3. The highest BCUT2D eigenvalue weighted by Crippen LogP contribution is 2.54. The minimum atomic E-state index is -0.0803. The van der Waals surface area contributed by atoms with Crippen LogP contribution in [0.4, 0.5) is 51.2 Å². The van der Waals surface area contributed by atoms with Crippen molar-refractivity contribution in [1.29, 1.82) is 0 Å². The number of para-hydroxylation sites is 2. The molecule has 11 rings (SSSR count). The minimum absolute atomic E-state index is 0.00723. The molecular weight excluding hydrogens is 926 g/mol. The maximum atomic E-state index is 2.70. The van der Waals surface area contributed by atoms with Gasteiger partial charge in [-0.15, -0.1) is 11.3 Å². The first kappa shape index (κ1) is 50.3. The van der Waals surface area contributed by atoms with E-state index in [1.807, 2.05) is 11.3 Å². The Hall–Kier alpha value is -6.82. The van der Waals surface area contributed by atoms with Gasteiger partial charge in [0.25, 0.3) is 6.71 Å². The summed E-state index contributed by atoms with van der Waals surface area (Å²) in [7, 11) is 0. The predicted octanol–water partition coefficient (Wildman–Crippen LogP) is 18.6. The van der Waals surface area contributed by atoms with Crippen molar-refractivity contribution in [2.24, 2.45) is 0 Å². The lowest BCUT2D eigenvalue weighted by atomic mass is 9.36. The number of thiophene rings is 1. The van der Waals surface area contributed by atoms with Crippen LogP contribution >= 0.6 is 11.3 Å². The maximum absolute atomic E-state index is 2.70. The number of hydrogen-bond acceptors (Lipinski definition) is 4. The molecule has 1 aromatic heterocycles. The lowest BCUT2D eigenvalue weighted by molar-refractivity contribution is 0.590. The first-order valence-corrected chi connectivity index (χ1v) is 27.9. The van der Waals surface area contributed by atoms with Crippen LogP contribution in [0, 0.1) is 0 Å². The van der Waals surface area contributed by atoms with Crippen LogP contribution in [0.3, 0.4) is 0 Å². The van der Waals surface area contributed by atoms with Crippen LogP contribution in [-0.2, 0) is 27.1 Å². The molecule has 0 aliphatic carbocycles. The van der Waals surface area contributed by atoms with Gasteiger partial charge in [0, 0.05) is 54.6 Å². The maximum Gasteiger partial charge on any atom is 0.264 e. The first-order valence-electron chi connectivity index (χ1n) is 27.1. The highest BCUT2D eigenvalue weighted by molar-refractivity contribution is 7.34. The molecule has 8 aromatic carbocycles. The van der Waals surface area contributed by atoms with Gasteiger partial charge in [0.05, 0.1) is 17.1 Å². The second kappa shape index (κ2) is 17.9. The van der Waals surface area contributed by atoms with Gasteiger partial charge >= 0.3 is 0 Å². The third-order valence-electron chi connectivity index (χ3n) is 15.8. The molecule has 0 unspecified atom stereocenters. The molecule has 75 heavy (non-hydrogen) atoms. The predicted molar refractivity (Wildman–Crippen MR) is 329 cm³/mol. The second-order valence-electron chi connectivity index (χ2n) is 26.4. The van der Waals surface area contributed by atoms with E-state index in [0.29, 0.717) is 0 Å². The third kappa shape index (κ3) is 8.89. The molecule has 2 aliphatic rings. The van der Waals surface area contributed by atoms with Gasteiger partial charge in [-0.05, 0) is 138 Å². The lowest BCUT2D eigenvalue weighted by Crippen LogP contribution is -2.60. The largest absolute Gasteiger partial charge is 0.311 e. The Morgan fingerprint density at radius 2 is 0.893 bits per heavy atom. The summed E-state index contributed by atoms with van der Waals surface area (Å²) < 4.78 is 2.75. The molecule has 378 valence electrons. The van der Waals surface area contributed by atoms with Crippen LogP contribution in [0.1, 0.15) is 132 Å². The molecule has 3 heterocycles. The van der Waals surface area contributed by atoms with Crippen molar-refractivity contribution in [2.45, 2.75) is 131 Å². The smallest absolute Gasteiger partial charge is 0.264 e. The lowest BCUT2D eigenvalue weighted by Gasteiger charge is -2.45. The summed E-state index contributed by atoms with van der Waals surface area (Å²) in [6, 6.07) is 67.5. The van der Waals surface area contributed by atoms with Crippen molar-refractivity contribution in [2.75, 3.05) is 14.7 Å². The van der Waals surface area contributed by atoms with Crippen LogP contribution < -0.4 is 30.4 Å². The Balaban J connectivity index is 1.33. The van der Waals surface area contributed by atoms with Gasteiger partial charge in [-0.1, -0.05) is 213 Å². The van der Waals surface area contributed by atoms with E-state index < -0.39 is 0 Å². The number of fused-ring (bicyclic) bond motifs is 6. The van der Waals surface area contributed by atoms with Gasteiger partial charge in [0.15, 0.2) is 0 Å². The van der Waals surface area contributed by atoms with Crippen LogP contribution in [-0.4, -0.2) is 6.71 Å². The van der Waals surface area contributed by atoms with Crippen LogP contribution in [0.5, 0.6) is 0 Å². The summed E-state index contributed by atoms with van der Waals surface area (Å²) in [5, 5.41) is 1.30. The van der Waals surface area contributed by atoms with Crippen molar-refractivity contribution in [1.82, 2.24) is 0 Å². The van der Waals surface area contributed by atoms with E-state index in [1.54, 1.807) is 0 Å². The molecule has 0 amide bonds. The zero-order valence-corrected chi connectivity index (χ0v) is 47.9. The Kier molecular flexibility index (Phi) is 12.0. The van der Waals surface area contributed by atoms with Gasteiger partial charge in [0.2, 0.25) is 0 Å². The van der Waals surface area contributed by atoms with Gasteiger partial charge < -0.3 is 14.7 Å². The van der Waals surface area contributed by atoms with Crippen molar-refractivity contribution < 1.29 is 0 Å². The summed E-state index contributed by atoms with van der Waals surface area (Å²) in [6.45, 7) is 35.0. The fraction of sp³-hybridized carbons (Fsp3) is 0.286. The Morgan fingerprint density at radius 3 is 1.43 bits per heavy atom. The molecule has 0 saturated carbocycles. The van der Waals surface area contributed by atoms with Gasteiger partial charge in [0.1, 0.15) is 0 Å². The number of anilines is 9. The van der Waals surface area contributed by atoms with Crippen molar-refractivity contribution in [3.63, 3.8) is 0 Å². The zero-order valence-electron chi connectivity index (χ0n) is 47.1. The molecule has 3 nitrogen and oxygen atoms in total. The third-order valence-corrected chi connectivity index (χ3v) is 17.1. The fourth-order valence-corrected chi connectivity index (χ4v) is 13.1. The summed E-state index contributed by atoms with van der Waals surface area (Å²) in [6.07, 6.45) is 0. The highest BCUT2D eigenvalue weighted by Gasteiger charge is 2.47. The SMILES string of the molecule is CC(C)(C)c1ccc(-c2cc(C(C)(C)C)ccc2N2c3cc(N(c4ccccc4)c4ccccc4)cc4c3B(c3cc(C(C)(C)C)ccc3N4c3ccc(C(C)(C)C)cc3)c3sc4c(C(C)(C)C)cccc4c32)cc1. The summed E-state index contributed by atoms with van der Waals surface area (Å²) in [5.41, 5.74) is 22.1. The van der Waals surface area contributed by atoms with E-state index in [1.165, 1.54) is 93.2 Å².